The number of unbranched alkanes of at least 4 members (excludes halogenated alkanes) is 1. The Balaban J connectivity index is 2.13. The summed E-state index contributed by atoms with van der Waals surface area (Å²) in [5, 5.41) is 12.4. The first-order valence-electron chi connectivity index (χ1n) is 6.18. The van der Waals surface area contributed by atoms with Gasteiger partial charge in [0.15, 0.2) is 0 Å². The smallest absolute Gasteiger partial charge is 0.0610 e. The van der Waals surface area contributed by atoms with Gasteiger partial charge in [-0.05, 0) is 44.7 Å². The molecule has 0 aliphatic heterocycles. The van der Waals surface area contributed by atoms with E-state index in [0.29, 0.717) is 0 Å². The highest BCUT2D eigenvalue weighted by Crippen LogP contribution is 2.20. The number of hydrogen-bond donors (Lipinski definition) is 2. The highest BCUT2D eigenvalue weighted by Gasteiger charge is 2.19. The predicted octanol–water partition coefficient (Wildman–Crippen LogP) is 2.92. The van der Waals surface area contributed by atoms with Gasteiger partial charge < -0.3 is 10.4 Å². The third-order valence-corrected chi connectivity index (χ3v) is 4.19. The van der Waals surface area contributed by atoms with Crippen molar-refractivity contribution in [2.24, 2.45) is 0 Å². The van der Waals surface area contributed by atoms with Crippen LogP contribution in [-0.2, 0) is 0 Å². The molecule has 0 aromatic heterocycles. The summed E-state index contributed by atoms with van der Waals surface area (Å²) >= 11 is 1.90. The van der Waals surface area contributed by atoms with Crippen LogP contribution < -0.4 is 5.32 Å². The van der Waals surface area contributed by atoms with E-state index >= 15 is 0 Å². The number of aliphatic hydroxyl groups is 1. The standard InChI is InChI=1S/C14H23NOS/c1-14(12-16,15-2)10-6-7-11-17-13-8-4-3-5-9-13/h3-5,8-9,15-16H,6-7,10-12H2,1-2H3. The molecular weight excluding hydrogens is 230 g/mol. The summed E-state index contributed by atoms with van der Waals surface area (Å²) in [6.45, 7) is 2.27. The number of benzene rings is 1. The molecule has 0 bridgehead atoms. The van der Waals surface area contributed by atoms with Gasteiger partial charge in [0.1, 0.15) is 0 Å². The molecule has 96 valence electrons. The molecule has 0 spiro atoms. The third-order valence-electron chi connectivity index (χ3n) is 3.09. The number of thioether (sulfide) groups is 1. The highest BCUT2D eigenvalue weighted by molar-refractivity contribution is 7.99. The van der Waals surface area contributed by atoms with Crippen LogP contribution >= 0.6 is 11.8 Å². The molecule has 3 heteroatoms. The summed E-state index contributed by atoms with van der Waals surface area (Å²) in [6, 6.07) is 10.5. The van der Waals surface area contributed by atoms with Crippen molar-refractivity contribution in [3.63, 3.8) is 0 Å². The van der Waals surface area contributed by atoms with E-state index in [4.69, 9.17) is 0 Å². The second-order valence-corrected chi connectivity index (χ2v) is 5.76. The number of likely N-dealkylation sites (N-methyl/N-ethyl adjacent to an activating group) is 1. The number of nitrogens with one attached hydrogen (secondary N) is 1. The van der Waals surface area contributed by atoms with Crippen LogP contribution in [0.5, 0.6) is 0 Å². The van der Waals surface area contributed by atoms with Crippen molar-refractivity contribution >= 4 is 11.8 Å². The van der Waals surface area contributed by atoms with Gasteiger partial charge in [-0.15, -0.1) is 11.8 Å². The minimum Gasteiger partial charge on any atom is -0.394 e. The molecular formula is C14H23NOS. The lowest BCUT2D eigenvalue weighted by molar-refractivity contribution is 0.171. The average molecular weight is 253 g/mol. The van der Waals surface area contributed by atoms with Crippen LogP contribution in [0.1, 0.15) is 26.2 Å². The highest BCUT2D eigenvalue weighted by atomic mass is 32.2. The van der Waals surface area contributed by atoms with Crippen molar-refractivity contribution in [3.05, 3.63) is 30.3 Å². The van der Waals surface area contributed by atoms with Crippen LogP contribution in [0.4, 0.5) is 0 Å². The zero-order chi connectivity index (χ0) is 12.6. The van der Waals surface area contributed by atoms with Crippen molar-refractivity contribution in [2.75, 3.05) is 19.4 Å². The van der Waals surface area contributed by atoms with Gasteiger partial charge in [0.2, 0.25) is 0 Å². The van der Waals surface area contributed by atoms with Crippen molar-refractivity contribution < 1.29 is 5.11 Å². The molecule has 0 aliphatic rings. The lowest BCUT2D eigenvalue weighted by Crippen LogP contribution is -2.43. The van der Waals surface area contributed by atoms with E-state index in [9.17, 15) is 5.11 Å². The molecule has 0 saturated heterocycles. The number of aliphatic hydroxyl groups excluding tert-OH is 1. The topological polar surface area (TPSA) is 32.3 Å². The summed E-state index contributed by atoms with van der Waals surface area (Å²) in [6.07, 6.45) is 3.36. The van der Waals surface area contributed by atoms with Gasteiger partial charge in [-0.25, -0.2) is 0 Å². The maximum atomic E-state index is 9.25. The fraction of sp³-hybridized carbons (Fsp3) is 0.571. The summed E-state index contributed by atoms with van der Waals surface area (Å²) in [4.78, 5) is 1.34. The summed E-state index contributed by atoms with van der Waals surface area (Å²) < 4.78 is 0. The normalized spacial score (nSPS) is 14.5. The summed E-state index contributed by atoms with van der Waals surface area (Å²) in [5.41, 5.74) is -0.114. The Kier molecular flexibility index (Phi) is 6.63. The Bertz CT molecular complexity index is 298. The second kappa shape index (κ2) is 7.75. The SMILES string of the molecule is CNC(C)(CO)CCCCSc1ccccc1. The Labute approximate surface area is 109 Å². The maximum Gasteiger partial charge on any atom is 0.0610 e. The van der Waals surface area contributed by atoms with Gasteiger partial charge in [-0.2, -0.15) is 0 Å². The molecule has 0 fully saturated rings. The van der Waals surface area contributed by atoms with E-state index in [0.717, 1.165) is 18.6 Å². The van der Waals surface area contributed by atoms with Gasteiger partial charge in [0.25, 0.3) is 0 Å². The zero-order valence-electron chi connectivity index (χ0n) is 10.8. The second-order valence-electron chi connectivity index (χ2n) is 4.59. The lowest BCUT2D eigenvalue weighted by Gasteiger charge is -2.26. The number of hydrogen-bond acceptors (Lipinski definition) is 3. The fourth-order valence-electron chi connectivity index (χ4n) is 1.61. The first-order chi connectivity index (χ1) is 8.20. The van der Waals surface area contributed by atoms with E-state index in [1.807, 2.05) is 24.9 Å². The van der Waals surface area contributed by atoms with E-state index in [-0.39, 0.29) is 12.1 Å². The van der Waals surface area contributed by atoms with Crippen molar-refractivity contribution in [3.8, 4) is 0 Å². The molecule has 0 saturated carbocycles. The molecule has 0 amide bonds. The van der Waals surface area contributed by atoms with Gasteiger partial charge in [-0.3, -0.25) is 0 Å². The Hall–Kier alpha value is -0.510. The molecule has 2 nitrogen and oxygen atoms in total. The maximum absolute atomic E-state index is 9.25. The number of rotatable bonds is 8. The minimum absolute atomic E-state index is 0.114. The van der Waals surface area contributed by atoms with Gasteiger partial charge in [0, 0.05) is 10.4 Å². The molecule has 1 aromatic carbocycles. The monoisotopic (exact) mass is 253 g/mol. The average Bonchev–Trinajstić information content (AvgIpc) is 2.39. The molecule has 1 aromatic rings. The lowest BCUT2D eigenvalue weighted by atomic mass is 9.96. The Morgan fingerprint density at radius 3 is 2.53 bits per heavy atom. The van der Waals surface area contributed by atoms with Crippen molar-refractivity contribution in [2.45, 2.75) is 36.6 Å². The Morgan fingerprint density at radius 1 is 1.24 bits per heavy atom. The van der Waals surface area contributed by atoms with Gasteiger partial charge in [-0.1, -0.05) is 24.6 Å². The van der Waals surface area contributed by atoms with Crippen molar-refractivity contribution in [1.29, 1.82) is 0 Å². The van der Waals surface area contributed by atoms with Gasteiger partial charge >= 0.3 is 0 Å². The molecule has 17 heavy (non-hydrogen) atoms. The molecule has 0 radical (unpaired) electrons. The van der Waals surface area contributed by atoms with Crippen LogP contribution in [-0.4, -0.2) is 30.1 Å². The Morgan fingerprint density at radius 2 is 1.94 bits per heavy atom. The zero-order valence-corrected chi connectivity index (χ0v) is 11.6. The molecule has 0 aliphatic carbocycles. The molecule has 0 heterocycles. The van der Waals surface area contributed by atoms with Crippen LogP contribution in [0.25, 0.3) is 0 Å². The van der Waals surface area contributed by atoms with E-state index in [1.54, 1.807) is 0 Å². The molecule has 1 atom stereocenters. The molecule has 2 N–H and O–H groups in total. The van der Waals surface area contributed by atoms with E-state index in [1.165, 1.54) is 11.3 Å². The predicted molar refractivity (Wildman–Crippen MR) is 75.6 cm³/mol. The quantitative estimate of drug-likeness (QED) is 0.552. The molecule has 1 unspecified atom stereocenters. The first-order valence-corrected chi connectivity index (χ1v) is 7.16. The summed E-state index contributed by atoms with van der Waals surface area (Å²) in [7, 11) is 1.91. The van der Waals surface area contributed by atoms with Crippen LogP contribution in [0.15, 0.2) is 35.2 Å². The largest absolute Gasteiger partial charge is 0.394 e. The third kappa shape index (κ3) is 5.57. The van der Waals surface area contributed by atoms with E-state index < -0.39 is 0 Å². The summed E-state index contributed by atoms with van der Waals surface area (Å²) in [5.74, 6) is 1.15. The fourth-order valence-corrected chi connectivity index (χ4v) is 2.54. The van der Waals surface area contributed by atoms with Crippen LogP contribution in [0.3, 0.4) is 0 Å². The first kappa shape index (κ1) is 14.6. The van der Waals surface area contributed by atoms with Crippen LogP contribution in [0, 0.1) is 0 Å². The van der Waals surface area contributed by atoms with Gasteiger partial charge in [0.05, 0.1) is 6.61 Å². The van der Waals surface area contributed by atoms with Crippen LogP contribution in [0.2, 0.25) is 0 Å². The minimum atomic E-state index is -0.114. The van der Waals surface area contributed by atoms with Crippen molar-refractivity contribution in [1.82, 2.24) is 5.32 Å². The van der Waals surface area contributed by atoms with E-state index in [2.05, 4.69) is 36.5 Å². The molecule has 1 rings (SSSR count).